The van der Waals surface area contributed by atoms with Crippen LogP contribution in [-0.4, -0.2) is 29.2 Å². The summed E-state index contributed by atoms with van der Waals surface area (Å²) in [5.41, 5.74) is 3.18. The molecule has 0 radical (unpaired) electrons. The van der Waals surface area contributed by atoms with E-state index in [0.717, 1.165) is 45.1 Å². The number of thioether (sulfide) groups is 1. The van der Waals surface area contributed by atoms with Gasteiger partial charge in [-0.1, -0.05) is 61.9 Å². The fourth-order valence-corrected chi connectivity index (χ4v) is 5.65. The predicted octanol–water partition coefficient (Wildman–Crippen LogP) is 7.09. The first-order valence-electron chi connectivity index (χ1n) is 12.4. The standard InChI is InChI=1S/C29H31N3O3S2/c1-3-4-8-17-35-24-14-11-22(12-15-24)28(34)31-23-13-16-25-26(18-23)37-29(32-25)36-19-27(33)30-20(2)21-9-6-5-7-10-21/h5-7,9-16,18,20H,3-4,8,17,19H2,1-2H3,(H,30,33)(H,31,34)/t20-/m0/s1. The van der Waals surface area contributed by atoms with Gasteiger partial charge in [0.25, 0.3) is 5.91 Å². The quantitative estimate of drug-likeness (QED) is 0.150. The van der Waals surface area contributed by atoms with E-state index in [4.69, 9.17) is 4.74 Å². The summed E-state index contributed by atoms with van der Waals surface area (Å²) in [6, 6.07) is 22.7. The molecule has 3 aromatic carbocycles. The molecule has 0 saturated heterocycles. The highest BCUT2D eigenvalue weighted by atomic mass is 32.2. The zero-order valence-electron chi connectivity index (χ0n) is 21.0. The molecule has 4 aromatic rings. The molecule has 0 unspecified atom stereocenters. The second-order valence-corrected chi connectivity index (χ2v) is 10.9. The number of unbranched alkanes of at least 4 members (excludes halogenated alkanes) is 2. The average molecular weight is 534 g/mol. The Morgan fingerprint density at radius 3 is 2.57 bits per heavy atom. The maximum absolute atomic E-state index is 12.7. The minimum Gasteiger partial charge on any atom is -0.494 e. The number of benzene rings is 3. The molecule has 2 amide bonds. The number of nitrogens with zero attached hydrogens (tertiary/aromatic N) is 1. The van der Waals surface area contributed by atoms with E-state index in [9.17, 15) is 9.59 Å². The number of nitrogens with one attached hydrogen (secondary N) is 2. The molecule has 0 fully saturated rings. The molecular formula is C29H31N3O3S2. The molecule has 0 aliphatic rings. The fourth-order valence-electron chi connectivity index (χ4n) is 3.73. The van der Waals surface area contributed by atoms with E-state index < -0.39 is 0 Å². The zero-order valence-corrected chi connectivity index (χ0v) is 22.7. The predicted molar refractivity (Wildman–Crippen MR) is 153 cm³/mol. The Balaban J connectivity index is 1.29. The number of rotatable bonds is 12. The summed E-state index contributed by atoms with van der Waals surface area (Å²) in [6.45, 7) is 4.82. The van der Waals surface area contributed by atoms with Crippen LogP contribution in [0.15, 0.2) is 77.1 Å². The molecule has 4 rings (SSSR count). The summed E-state index contributed by atoms with van der Waals surface area (Å²) in [5, 5.41) is 5.98. The SMILES string of the molecule is CCCCCOc1ccc(C(=O)Nc2ccc3nc(SCC(=O)N[C@@H](C)c4ccccc4)sc3c2)cc1. The molecule has 0 spiro atoms. The number of hydrogen-bond donors (Lipinski definition) is 2. The van der Waals surface area contributed by atoms with Gasteiger partial charge in [-0.25, -0.2) is 4.98 Å². The van der Waals surface area contributed by atoms with Gasteiger partial charge in [0, 0.05) is 11.3 Å². The van der Waals surface area contributed by atoms with Crippen molar-refractivity contribution in [1.29, 1.82) is 0 Å². The molecule has 1 heterocycles. The van der Waals surface area contributed by atoms with Gasteiger partial charge in [-0.3, -0.25) is 9.59 Å². The highest BCUT2D eigenvalue weighted by molar-refractivity contribution is 8.01. The number of aromatic nitrogens is 1. The molecule has 0 aliphatic heterocycles. The van der Waals surface area contributed by atoms with Crippen LogP contribution >= 0.6 is 23.1 Å². The van der Waals surface area contributed by atoms with Crippen molar-refractivity contribution in [3.63, 3.8) is 0 Å². The summed E-state index contributed by atoms with van der Waals surface area (Å²) in [7, 11) is 0. The van der Waals surface area contributed by atoms with Gasteiger partial charge >= 0.3 is 0 Å². The molecule has 0 aliphatic carbocycles. The lowest BCUT2D eigenvalue weighted by Crippen LogP contribution is -2.28. The molecular weight excluding hydrogens is 502 g/mol. The van der Waals surface area contributed by atoms with E-state index >= 15 is 0 Å². The van der Waals surface area contributed by atoms with Crippen molar-refractivity contribution in [2.75, 3.05) is 17.7 Å². The van der Waals surface area contributed by atoms with Gasteiger partial charge in [0.05, 0.1) is 28.6 Å². The van der Waals surface area contributed by atoms with Crippen LogP contribution in [0.2, 0.25) is 0 Å². The first kappa shape index (κ1) is 26.7. The van der Waals surface area contributed by atoms with E-state index in [1.54, 1.807) is 12.1 Å². The van der Waals surface area contributed by atoms with Crippen molar-refractivity contribution in [3.8, 4) is 5.75 Å². The van der Waals surface area contributed by atoms with E-state index in [0.29, 0.717) is 23.6 Å². The van der Waals surface area contributed by atoms with Gasteiger partial charge in [0.15, 0.2) is 4.34 Å². The third-order valence-corrected chi connectivity index (χ3v) is 7.92. The summed E-state index contributed by atoms with van der Waals surface area (Å²) in [5.74, 6) is 0.844. The van der Waals surface area contributed by atoms with Gasteiger partial charge in [0.1, 0.15) is 5.75 Å². The van der Waals surface area contributed by atoms with Gasteiger partial charge in [-0.15, -0.1) is 11.3 Å². The molecule has 37 heavy (non-hydrogen) atoms. The Morgan fingerprint density at radius 1 is 1.03 bits per heavy atom. The summed E-state index contributed by atoms with van der Waals surface area (Å²) < 4.78 is 7.49. The Kier molecular flexibility index (Phi) is 9.57. The normalized spacial score (nSPS) is 11.7. The Hall–Kier alpha value is -3.36. The van der Waals surface area contributed by atoms with Crippen LogP contribution in [0.3, 0.4) is 0 Å². The summed E-state index contributed by atoms with van der Waals surface area (Å²) in [6.07, 6.45) is 3.33. The number of thiazole rings is 1. The Morgan fingerprint density at radius 2 is 1.81 bits per heavy atom. The van der Waals surface area contributed by atoms with Crippen molar-refractivity contribution >= 4 is 50.8 Å². The lowest BCUT2D eigenvalue weighted by atomic mass is 10.1. The highest BCUT2D eigenvalue weighted by Crippen LogP contribution is 2.31. The lowest BCUT2D eigenvalue weighted by Gasteiger charge is -2.13. The molecule has 0 bridgehead atoms. The van der Waals surface area contributed by atoms with Crippen LogP contribution in [0.1, 0.15) is 55.1 Å². The minimum atomic E-state index is -0.180. The summed E-state index contributed by atoms with van der Waals surface area (Å²) >= 11 is 2.92. The van der Waals surface area contributed by atoms with Crippen LogP contribution in [0.5, 0.6) is 5.75 Å². The first-order chi connectivity index (χ1) is 18.0. The van der Waals surface area contributed by atoms with Crippen LogP contribution < -0.4 is 15.4 Å². The van der Waals surface area contributed by atoms with Crippen LogP contribution in [0.4, 0.5) is 5.69 Å². The van der Waals surface area contributed by atoms with Gasteiger partial charge < -0.3 is 15.4 Å². The minimum absolute atomic E-state index is 0.0362. The topological polar surface area (TPSA) is 80.3 Å². The number of anilines is 1. The van der Waals surface area contributed by atoms with Crippen molar-refractivity contribution in [2.24, 2.45) is 0 Å². The second-order valence-electron chi connectivity index (χ2n) is 8.68. The van der Waals surface area contributed by atoms with E-state index in [-0.39, 0.29) is 17.9 Å². The largest absolute Gasteiger partial charge is 0.494 e. The number of fused-ring (bicyclic) bond motifs is 1. The van der Waals surface area contributed by atoms with Crippen molar-refractivity contribution < 1.29 is 14.3 Å². The molecule has 6 nitrogen and oxygen atoms in total. The van der Waals surface area contributed by atoms with E-state index in [2.05, 4.69) is 22.5 Å². The van der Waals surface area contributed by atoms with Crippen molar-refractivity contribution in [3.05, 3.63) is 83.9 Å². The number of carbonyl (C=O) groups excluding carboxylic acids is 2. The van der Waals surface area contributed by atoms with Crippen LogP contribution in [0.25, 0.3) is 10.2 Å². The average Bonchev–Trinajstić information content (AvgIpc) is 3.33. The molecule has 0 saturated carbocycles. The fraction of sp³-hybridized carbons (Fsp3) is 0.276. The van der Waals surface area contributed by atoms with Gasteiger partial charge in [0.2, 0.25) is 5.91 Å². The van der Waals surface area contributed by atoms with E-state index in [1.807, 2.05) is 67.6 Å². The maximum Gasteiger partial charge on any atom is 0.255 e. The number of amides is 2. The molecule has 8 heteroatoms. The molecule has 2 N–H and O–H groups in total. The van der Waals surface area contributed by atoms with Gasteiger partial charge in [-0.05, 0) is 61.4 Å². The monoisotopic (exact) mass is 533 g/mol. The third kappa shape index (κ3) is 7.81. The van der Waals surface area contributed by atoms with Crippen LogP contribution in [0, 0.1) is 0 Å². The number of ether oxygens (including phenoxy) is 1. The van der Waals surface area contributed by atoms with Crippen LogP contribution in [-0.2, 0) is 4.79 Å². The molecule has 1 aromatic heterocycles. The smallest absolute Gasteiger partial charge is 0.255 e. The third-order valence-electron chi connectivity index (χ3n) is 5.76. The Bertz CT molecular complexity index is 1320. The van der Waals surface area contributed by atoms with Gasteiger partial charge in [-0.2, -0.15) is 0 Å². The van der Waals surface area contributed by atoms with Crippen molar-refractivity contribution in [1.82, 2.24) is 10.3 Å². The van der Waals surface area contributed by atoms with Crippen molar-refractivity contribution in [2.45, 2.75) is 43.5 Å². The molecule has 1 atom stereocenters. The first-order valence-corrected chi connectivity index (χ1v) is 14.2. The highest BCUT2D eigenvalue weighted by Gasteiger charge is 2.13. The molecule has 192 valence electrons. The summed E-state index contributed by atoms with van der Waals surface area (Å²) in [4.78, 5) is 29.8. The zero-order chi connectivity index (χ0) is 26.0. The number of carbonyl (C=O) groups is 2. The maximum atomic E-state index is 12.7. The lowest BCUT2D eigenvalue weighted by molar-refractivity contribution is -0.119. The van der Waals surface area contributed by atoms with E-state index in [1.165, 1.54) is 23.1 Å². The number of hydrogen-bond acceptors (Lipinski definition) is 6. The second kappa shape index (κ2) is 13.3. The Labute approximate surface area is 225 Å².